The number of hydrogen-bond acceptors (Lipinski definition) is 3. The molecule has 2 aromatic rings. The van der Waals surface area contributed by atoms with Crippen molar-refractivity contribution in [1.29, 1.82) is 0 Å². The van der Waals surface area contributed by atoms with Crippen molar-refractivity contribution in [2.24, 2.45) is 4.99 Å². The van der Waals surface area contributed by atoms with Gasteiger partial charge < -0.3 is 5.11 Å². The number of aliphatic hydroxyl groups is 1. The normalized spacial score (nSPS) is 20.6. The fourth-order valence-corrected chi connectivity index (χ4v) is 3.89. The van der Waals surface area contributed by atoms with E-state index < -0.39 is 11.6 Å². The minimum Gasteiger partial charge on any atom is -0.380 e. The SMILES string of the molecule is O=C1N(c2ccccc2)C([C@H](O)c2ccccc2)=NC12CCCCC2. The van der Waals surface area contributed by atoms with Crippen LogP contribution in [0.5, 0.6) is 0 Å². The predicted molar refractivity (Wildman–Crippen MR) is 98.6 cm³/mol. The second-order valence-electron chi connectivity index (χ2n) is 6.85. The molecule has 0 saturated heterocycles. The highest BCUT2D eigenvalue weighted by Crippen LogP contribution is 2.41. The summed E-state index contributed by atoms with van der Waals surface area (Å²) in [7, 11) is 0. The number of aliphatic imine (C=N–C) groups is 1. The summed E-state index contributed by atoms with van der Waals surface area (Å²) in [6.45, 7) is 0. The van der Waals surface area contributed by atoms with Crippen LogP contribution in [0.2, 0.25) is 0 Å². The molecule has 2 aliphatic rings. The molecular weight excluding hydrogens is 312 g/mol. The maximum absolute atomic E-state index is 13.3. The van der Waals surface area contributed by atoms with Crippen LogP contribution in [0.25, 0.3) is 0 Å². The molecule has 0 radical (unpaired) electrons. The van der Waals surface area contributed by atoms with Crippen molar-refractivity contribution in [3.63, 3.8) is 0 Å². The van der Waals surface area contributed by atoms with Crippen LogP contribution in [0, 0.1) is 0 Å². The van der Waals surface area contributed by atoms with Gasteiger partial charge in [0, 0.05) is 0 Å². The van der Waals surface area contributed by atoms with Gasteiger partial charge in [-0.3, -0.25) is 14.7 Å². The smallest absolute Gasteiger partial charge is 0.260 e. The molecular formula is C21H22N2O2. The standard InChI is InChI=1S/C21H22N2O2/c24-18(16-10-4-1-5-11-16)19-22-21(14-8-3-9-15-21)20(25)23(19)17-12-6-2-7-13-17/h1-2,4-7,10-13,18,24H,3,8-9,14-15H2/t18-/m1/s1. The molecule has 1 N–H and O–H groups in total. The zero-order valence-corrected chi connectivity index (χ0v) is 14.1. The van der Waals surface area contributed by atoms with Crippen LogP contribution in [0.4, 0.5) is 5.69 Å². The van der Waals surface area contributed by atoms with Gasteiger partial charge in [-0.05, 0) is 30.5 Å². The minimum atomic E-state index is -0.911. The average molecular weight is 334 g/mol. The van der Waals surface area contributed by atoms with Gasteiger partial charge in [0.1, 0.15) is 17.5 Å². The number of carbonyl (C=O) groups is 1. The Balaban J connectivity index is 1.79. The van der Waals surface area contributed by atoms with Gasteiger partial charge >= 0.3 is 0 Å². The molecule has 1 heterocycles. The van der Waals surface area contributed by atoms with Crippen molar-refractivity contribution in [3.05, 3.63) is 66.2 Å². The zero-order valence-electron chi connectivity index (χ0n) is 14.1. The monoisotopic (exact) mass is 334 g/mol. The summed E-state index contributed by atoms with van der Waals surface area (Å²) < 4.78 is 0. The van der Waals surface area contributed by atoms with E-state index in [-0.39, 0.29) is 5.91 Å². The predicted octanol–water partition coefficient (Wildman–Crippen LogP) is 3.87. The molecule has 1 amide bonds. The first-order valence-corrected chi connectivity index (χ1v) is 8.94. The van der Waals surface area contributed by atoms with E-state index in [4.69, 9.17) is 4.99 Å². The van der Waals surface area contributed by atoms with Crippen molar-refractivity contribution in [2.45, 2.75) is 43.7 Å². The van der Waals surface area contributed by atoms with E-state index in [0.29, 0.717) is 5.84 Å². The molecule has 0 aromatic heterocycles. The Morgan fingerprint density at radius 3 is 2.16 bits per heavy atom. The maximum atomic E-state index is 13.3. The van der Waals surface area contributed by atoms with Gasteiger partial charge in [-0.2, -0.15) is 0 Å². The van der Waals surface area contributed by atoms with Gasteiger partial charge in [0.15, 0.2) is 0 Å². The Labute approximate surface area is 147 Å². The largest absolute Gasteiger partial charge is 0.380 e. The molecule has 0 unspecified atom stereocenters. The number of aliphatic hydroxyl groups excluding tert-OH is 1. The van der Waals surface area contributed by atoms with Crippen molar-refractivity contribution in [3.8, 4) is 0 Å². The molecule has 1 fully saturated rings. The van der Waals surface area contributed by atoms with Crippen LogP contribution < -0.4 is 4.90 Å². The Kier molecular flexibility index (Phi) is 4.14. The molecule has 1 aliphatic heterocycles. The first-order chi connectivity index (χ1) is 12.2. The lowest BCUT2D eigenvalue weighted by molar-refractivity contribution is -0.122. The molecule has 1 saturated carbocycles. The summed E-state index contributed by atoms with van der Waals surface area (Å²) in [5, 5.41) is 11.0. The van der Waals surface area contributed by atoms with E-state index in [2.05, 4.69) is 0 Å². The van der Waals surface area contributed by atoms with E-state index in [0.717, 1.165) is 43.4 Å². The molecule has 2 aromatic carbocycles. The summed E-state index contributed by atoms with van der Waals surface area (Å²) in [5.41, 5.74) is 0.825. The Morgan fingerprint density at radius 2 is 1.52 bits per heavy atom. The van der Waals surface area contributed by atoms with Crippen LogP contribution in [-0.2, 0) is 4.79 Å². The first kappa shape index (κ1) is 16.0. The quantitative estimate of drug-likeness (QED) is 0.926. The minimum absolute atomic E-state index is 0.00313. The molecule has 128 valence electrons. The molecule has 4 nitrogen and oxygen atoms in total. The average Bonchev–Trinajstić information content (AvgIpc) is 2.95. The fraction of sp³-hybridized carbons (Fsp3) is 0.333. The third-order valence-corrected chi connectivity index (χ3v) is 5.21. The van der Waals surface area contributed by atoms with Gasteiger partial charge in [0.05, 0.1) is 5.69 Å². The van der Waals surface area contributed by atoms with Crippen molar-refractivity contribution < 1.29 is 9.90 Å². The third-order valence-electron chi connectivity index (χ3n) is 5.21. The van der Waals surface area contributed by atoms with Crippen LogP contribution in [0.1, 0.15) is 43.8 Å². The van der Waals surface area contributed by atoms with Gasteiger partial charge in [0.25, 0.3) is 5.91 Å². The fourth-order valence-electron chi connectivity index (χ4n) is 3.89. The Hall–Kier alpha value is -2.46. The highest BCUT2D eigenvalue weighted by Gasteiger charge is 2.50. The summed E-state index contributed by atoms with van der Waals surface area (Å²) in [6, 6.07) is 18.9. The molecule has 25 heavy (non-hydrogen) atoms. The second kappa shape index (κ2) is 6.45. The number of rotatable bonds is 3. The van der Waals surface area contributed by atoms with E-state index in [9.17, 15) is 9.90 Å². The van der Waals surface area contributed by atoms with Crippen molar-refractivity contribution in [1.82, 2.24) is 0 Å². The summed E-state index contributed by atoms with van der Waals surface area (Å²) in [5.74, 6) is 0.452. The number of amides is 1. The summed E-state index contributed by atoms with van der Waals surface area (Å²) in [6.07, 6.45) is 3.78. The van der Waals surface area contributed by atoms with Gasteiger partial charge in [0.2, 0.25) is 0 Å². The zero-order chi connectivity index (χ0) is 17.3. The van der Waals surface area contributed by atoms with Crippen LogP contribution in [0.3, 0.4) is 0 Å². The van der Waals surface area contributed by atoms with Crippen LogP contribution in [0.15, 0.2) is 65.7 Å². The number of hydrogen-bond donors (Lipinski definition) is 1. The molecule has 1 spiro atoms. The lowest BCUT2D eigenvalue weighted by atomic mass is 9.82. The van der Waals surface area contributed by atoms with E-state index in [1.165, 1.54) is 0 Å². The Morgan fingerprint density at radius 1 is 0.920 bits per heavy atom. The van der Waals surface area contributed by atoms with Crippen molar-refractivity contribution in [2.75, 3.05) is 4.90 Å². The molecule has 4 heteroatoms. The lowest BCUT2D eigenvalue weighted by Gasteiger charge is -2.29. The molecule has 1 atom stereocenters. The highest BCUT2D eigenvalue weighted by atomic mass is 16.3. The van der Waals surface area contributed by atoms with Gasteiger partial charge in [-0.15, -0.1) is 0 Å². The topological polar surface area (TPSA) is 52.9 Å². The number of carbonyl (C=O) groups excluding carboxylic acids is 1. The third kappa shape index (κ3) is 2.76. The maximum Gasteiger partial charge on any atom is 0.260 e. The Bertz CT molecular complexity index is 780. The lowest BCUT2D eigenvalue weighted by Crippen LogP contribution is -2.44. The highest BCUT2D eigenvalue weighted by molar-refractivity contribution is 6.25. The number of para-hydroxylation sites is 1. The number of anilines is 1. The first-order valence-electron chi connectivity index (χ1n) is 8.94. The van der Waals surface area contributed by atoms with Crippen molar-refractivity contribution >= 4 is 17.4 Å². The molecule has 4 rings (SSSR count). The van der Waals surface area contributed by atoms with Crippen LogP contribution in [-0.4, -0.2) is 22.4 Å². The van der Waals surface area contributed by atoms with Gasteiger partial charge in [-0.1, -0.05) is 67.8 Å². The number of benzene rings is 2. The second-order valence-corrected chi connectivity index (χ2v) is 6.85. The van der Waals surface area contributed by atoms with E-state index in [1.54, 1.807) is 4.90 Å². The number of amidine groups is 1. The van der Waals surface area contributed by atoms with Gasteiger partial charge in [-0.25, -0.2) is 0 Å². The summed E-state index contributed by atoms with van der Waals surface area (Å²) in [4.78, 5) is 19.8. The number of nitrogens with zero attached hydrogens (tertiary/aromatic N) is 2. The van der Waals surface area contributed by atoms with E-state index in [1.807, 2.05) is 60.7 Å². The molecule has 0 bridgehead atoms. The van der Waals surface area contributed by atoms with E-state index >= 15 is 0 Å². The van der Waals surface area contributed by atoms with Crippen LogP contribution >= 0.6 is 0 Å². The summed E-state index contributed by atoms with van der Waals surface area (Å²) >= 11 is 0. The molecule has 1 aliphatic carbocycles.